The van der Waals surface area contributed by atoms with Gasteiger partial charge >= 0.3 is 0 Å². The second kappa shape index (κ2) is 5.59. The number of nitrogens with zero attached hydrogens (tertiary/aromatic N) is 3. The van der Waals surface area contributed by atoms with Crippen molar-refractivity contribution in [3.8, 4) is 5.75 Å². The highest BCUT2D eigenvalue weighted by Gasteiger charge is 2.43. The molecule has 9 heteroatoms. The fraction of sp³-hybridized carbons (Fsp3) is 0.0588. The lowest BCUT2D eigenvalue weighted by Gasteiger charge is -2.19. The van der Waals surface area contributed by atoms with Crippen LogP contribution in [0.1, 0.15) is 5.82 Å². The van der Waals surface area contributed by atoms with Gasteiger partial charge in [-0.15, -0.1) is 0 Å². The molecule has 4 rings (SSSR count). The lowest BCUT2D eigenvalue weighted by Crippen LogP contribution is -2.42. The number of hydrogen-bond acceptors (Lipinski definition) is 7. The number of rotatable bonds is 3. The lowest BCUT2D eigenvalue weighted by molar-refractivity contribution is -0.384. The van der Waals surface area contributed by atoms with Crippen molar-refractivity contribution in [3.63, 3.8) is 0 Å². The molecule has 1 atom stereocenters. The van der Waals surface area contributed by atoms with Crippen molar-refractivity contribution in [1.29, 1.82) is 5.41 Å². The van der Waals surface area contributed by atoms with Crippen LogP contribution in [0.2, 0.25) is 0 Å². The van der Waals surface area contributed by atoms with Gasteiger partial charge in [0.1, 0.15) is 17.8 Å². The van der Waals surface area contributed by atoms with Crippen LogP contribution in [0.15, 0.2) is 47.5 Å². The quantitative estimate of drug-likeness (QED) is 0.426. The number of benzene rings is 2. The summed E-state index contributed by atoms with van der Waals surface area (Å²) in [6.07, 6.45) is 1.73. The highest BCUT2D eigenvalue weighted by molar-refractivity contribution is 6.18. The number of imidazole rings is 1. The zero-order valence-electron chi connectivity index (χ0n) is 13.2. The molecule has 9 nitrogen and oxygen atoms in total. The van der Waals surface area contributed by atoms with Gasteiger partial charge in [0.05, 0.1) is 16.0 Å². The second-order valence-corrected chi connectivity index (χ2v) is 5.69. The van der Waals surface area contributed by atoms with E-state index in [0.717, 1.165) is 0 Å². The Morgan fingerprint density at radius 3 is 2.81 bits per heavy atom. The molecule has 1 aliphatic heterocycles. The van der Waals surface area contributed by atoms with E-state index in [2.05, 4.69) is 15.0 Å². The van der Waals surface area contributed by atoms with Crippen LogP contribution in [0.25, 0.3) is 11.0 Å². The molecule has 128 valence electrons. The van der Waals surface area contributed by atoms with Gasteiger partial charge in [-0.05, 0) is 18.2 Å². The third kappa shape index (κ3) is 2.25. The van der Waals surface area contributed by atoms with Gasteiger partial charge in [0.25, 0.3) is 5.69 Å². The SMILES string of the molecule is N=C1Oc2ccc([N+](=O)[O-])cc2N=CC1(C=O)c1nc2ccccc2[nH]1. The number of aromatic nitrogens is 2. The third-order valence-corrected chi connectivity index (χ3v) is 4.12. The maximum absolute atomic E-state index is 12.0. The van der Waals surface area contributed by atoms with Gasteiger partial charge in [-0.3, -0.25) is 20.5 Å². The van der Waals surface area contributed by atoms with E-state index in [1.54, 1.807) is 18.2 Å². The Kier molecular flexibility index (Phi) is 3.36. The average molecular weight is 349 g/mol. The van der Waals surface area contributed by atoms with Crippen molar-refractivity contribution >= 4 is 40.8 Å². The number of H-pyrrole nitrogens is 1. The van der Waals surface area contributed by atoms with Gasteiger partial charge in [-0.25, -0.2) is 4.98 Å². The molecule has 3 aromatic rings. The van der Waals surface area contributed by atoms with E-state index in [0.29, 0.717) is 17.3 Å². The topological polar surface area (TPSA) is 134 Å². The van der Waals surface area contributed by atoms with E-state index < -0.39 is 16.2 Å². The molecule has 0 spiro atoms. The predicted octanol–water partition coefficient (Wildman–Crippen LogP) is 2.68. The summed E-state index contributed by atoms with van der Waals surface area (Å²) in [6.45, 7) is 0. The minimum absolute atomic E-state index is 0.150. The highest BCUT2D eigenvalue weighted by Crippen LogP contribution is 2.36. The van der Waals surface area contributed by atoms with Gasteiger partial charge in [-0.2, -0.15) is 0 Å². The van der Waals surface area contributed by atoms with Crippen LogP contribution < -0.4 is 4.74 Å². The number of non-ortho nitro benzene ring substituents is 1. The van der Waals surface area contributed by atoms with E-state index in [-0.39, 0.29) is 22.9 Å². The monoisotopic (exact) mass is 349 g/mol. The summed E-state index contributed by atoms with van der Waals surface area (Å²) < 4.78 is 5.49. The minimum atomic E-state index is -1.66. The largest absolute Gasteiger partial charge is 0.439 e. The summed E-state index contributed by atoms with van der Waals surface area (Å²) in [6, 6.07) is 11.0. The molecule has 26 heavy (non-hydrogen) atoms. The van der Waals surface area contributed by atoms with Crippen molar-refractivity contribution in [2.75, 3.05) is 0 Å². The number of nitrogens with one attached hydrogen (secondary N) is 2. The van der Waals surface area contributed by atoms with Crippen LogP contribution in [0, 0.1) is 15.5 Å². The first-order chi connectivity index (χ1) is 12.5. The van der Waals surface area contributed by atoms with Crippen LogP contribution in [0.5, 0.6) is 5.75 Å². The summed E-state index contributed by atoms with van der Waals surface area (Å²) in [5, 5.41) is 19.2. The summed E-state index contributed by atoms with van der Waals surface area (Å²) in [5.74, 6) is -0.0654. The Balaban J connectivity index is 1.86. The van der Waals surface area contributed by atoms with Crippen LogP contribution >= 0.6 is 0 Å². The van der Waals surface area contributed by atoms with Gasteiger partial charge < -0.3 is 14.5 Å². The van der Waals surface area contributed by atoms with Crippen molar-refractivity contribution in [3.05, 3.63) is 58.4 Å². The molecule has 0 amide bonds. The molecule has 0 fully saturated rings. The summed E-state index contributed by atoms with van der Waals surface area (Å²) in [4.78, 5) is 33.9. The summed E-state index contributed by atoms with van der Waals surface area (Å²) >= 11 is 0. The molecule has 0 aliphatic carbocycles. The lowest BCUT2D eigenvalue weighted by atomic mass is 9.90. The molecular weight excluding hydrogens is 338 g/mol. The molecule has 0 bridgehead atoms. The zero-order chi connectivity index (χ0) is 18.3. The van der Waals surface area contributed by atoms with E-state index in [9.17, 15) is 14.9 Å². The second-order valence-electron chi connectivity index (χ2n) is 5.69. The summed E-state index contributed by atoms with van der Waals surface area (Å²) in [5.41, 5.74) is -0.348. The molecule has 0 saturated carbocycles. The Morgan fingerprint density at radius 1 is 1.27 bits per heavy atom. The first kappa shape index (κ1) is 15.6. The zero-order valence-corrected chi connectivity index (χ0v) is 13.2. The van der Waals surface area contributed by atoms with Gasteiger partial charge in [0.2, 0.25) is 5.90 Å². The summed E-state index contributed by atoms with van der Waals surface area (Å²) in [7, 11) is 0. The van der Waals surface area contributed by atoms with Crippen LogP contribution in [0.3, 0.4) is 0 Å². The number of aromatic amines is 1. The van der Waals surface area contributed by atoms with E-state index in [1.807, 2.05) is 6.07 Å². The van der Waals surface area contributed by atoms with Gasteiger partial charge in [0, 0.05) is 18.3 Å². The highest BCUT2D eigenvalue weighted by atomic mass is 16.6. The molecule has 2 aromatic carbocycles. The molecule has 1 unspecified atom stereocenters. The normalized spacial score (nSPS) is 18.8. The van der Waals surface area contributed by atoms with E-state index in [4.69, 9.17) is 10.1 Å². The fourth-order valence-corrected chi connectivity index (χ4v) is 2.69. The maximum Gasteiger partial charge on any atom is 0.271 e. The number of para-hydroxylation sites is 2. The number of hydrogen-bond donors (Lipinski definition) is 2. The van der Waals surface area contributed by atoms with Crippen molar-refractivity contribution in [2.45, 2.75) is 5.41 Å². The van der Waals surface area contributed by atoms with Crippen LogP contribution in [-0.4, -0.2) is 33.3 Å². The third-order valence-electron chi connectivity index (χ3n) is 4.12. The Bertz CT molecular complexity index is 1070. The van der Waals surface area contributed by atoms with Crippen molar-refractivity contribution < 1.29 is 14.5 Å². The Hall–Kier alpha value is -3.88. The molecule has 1 aromatic heterocycles. The van der Waals surface area contributed by atoms with Crippen molar-refractivity contribution in [2.24, 2.45) is 4.99 Å². The smallest absolute Gasteiger partial charge is 0.271 e. The number of nitro benzene ring substituents is 1. The average Bonchev–Trinajstić information content (AvgIpc) is 3.01. The first-order valence-electron chi connectivity index (χ1n) is 7.55. The molecular formula is C17H11N5O4. The van der Waals surface area contributed by atoms with Gasteiger partial charge in [0.15, 0.2) is 11.2 Å². The van der Waals surface area contributed by atoms with E-state index >= 15 is 0 Å². The fourth-order valence-electron chi connectivity index (χ4n) is 2.69. The van der Waals surface area contributed by atoms with Crippen molar-refractivity contribution in [1.82, 2.24) is 9.97 Å². The van der Waals surface area contributed by atoms with Crippen LogP contribution in [-0.2, 0) is 10.2 Å². The number of ether oxygens (including phenoxy) is 1. The Labute approximate surface area is 146 Å². The van der Waals surface area contributed by atoms with Crippen LogP contribution in [0.4, 0.5) is 11.4 Å². The first-order valence-corrected chi connectivity index (χ1v) is 7.55. The minimum Gasteiger partial charge on any atom is -0.439 e. The number of aldehydes is 1. The standard InChI is InChI=1S/C17H11N5O4/c18-15-17(9-23,16-20-11-3-1-2-4-12(11)21-16)8-19-13-7-10(22(24)25)5-6-14(13)26-15/h1-9,18H,(H,20,21). The van der Waals surface area contributed by atoms with Gasteiger partial charge in [-0.1, -0.05) is 12.1 Å². The number of carbonyl (C=O) groups excluding carboxylic acids is 1. The molecule has 0 saturated heterocycles. The number of nitro groups is 1. The molecule has 0 radical (unpaired) electrons. The molecule has 2 heterocycles. The number of fused-ring (bicyclic) bond motifs is 2. The number of carbonyl (C=O) groups is 1. The Morgan fingerprint density at radius 2 is 2.08 bits per heavy atom. The molecule has 2 N–H and O–H groups in total. The predicted molar refractivity (Wildman–Crippen MR) is 93.4 cm³/mol. The van der Waals surface area contributed by atoms with E-state index in [1.165, 1.54) is 24.4 Å². The number of aliphatic imine (C=N–C) groups is 1. The molecule has 1 aliphatic rings. The maximum atomic E-state index is 12.0.